The molecule has 0 bridgehead atoms. The van der Waals surface area contributed by atoms with Crippen LogP contribution in [0, 0.1) is 18.3 Å². The zero-order valence-electron chi connectivity index (χ0n) is 11.6. The van der Waals surface area contributed by atoms with E-state index in [9.17, 15) is 4.79 Å². The lowest BCUT2D eigenvalue weighted by atomic mass is 10.2. The summed E-state index contributed by atoms with van der Waals surface area (Å²) in [4.78, 5) is 13.6. The first kappa shape index (κ1) is 15.3. The smallest absolute Gasteiger partial charge is 0.320 e. The lowest BCUT2D eigenvalue weighted by molar-refractivity contribution is -0.146. The average molecular weight is 259 g/mol. The number of hydrogen-bond acceptors (Lipinski definition) is 3. The Morgan fingerprint density at radius 3 is 2.63 bits per heavy atom. The zero-order valence-corrected chi connectivity index (χ0v) is 11.6. The van der Waals surface area contributed by atoms with Crippen LogP contribution in [0.2, 0.25) is 0 Å². The fourth-order valence-corrected chi connectivity index (χ4v) is 1.63. The average Bonchev–Trinajstić information content (AvgIpc) is 2.38. The molecular formula is C16H21NO2. The Hall–Kier alpha value is -1.79. The van der Waals surface area contributed by atoms with Crippen LogP contribution in [0.1, 0.15) is 19.4 Å². The fraction of sp³-hybridized carbons (Fsp3) is 0.438. The summed E-state index contributed by atoms with van der Waals surface area (Å²) in [5.41, 5.74) is 1.13. The van der Waals surface area contributed by atoms with Crippen LogP contribution in [0.25, 0.3) is 0 Å². The molecule has 0 fully saturated rings. The predicted molar refractivity (Wildman–Crippen MR) is 76.3 cm³/mol. The SMILES string of the molecule is C#CCN(CC(=O)OCC(C)C)Cc1ccccc1. The molecule has 102 valence electrons. The van der Waals surface area contributed by atoms with E-state index in [-0.39, 0.29) is 12.5 Å². The predicted octanol–water partition coefficient (Wildman–Crippen LogP) is 2.32. The molecule has 1 aromatic rings. The Morgan fingerprint density at radius 2 is 2.05 bits per heavy atom. The van der Waals surface area contributed by atoms with Crippen molar-refractivity contribution in [2.75, 3.05) is 19.7 Å². The molecule has 0 unspecified atom stereocenters. The molecule has 0 aliphatic carbocycles. The molecule has 0 aliphatic rings. The number of terminal acetylenes is 1. The minimum atomic E-state index is -0.222. The number of hydrogen-bond donors (Lipinski definition) is 0. The molecule has 1 rings (SSSR count). The van der Waals surface area contributed by atoms with Crippen molar-refractivity contribution in [1.82, 2.24) is 4.90 Å². The van der Waals surface area contributed by atoms with E-state index in [1.165, 1.54) is 0 Å². The summed E-state index contributed by atoms with van der Waals surface area (Å²) >= 11 is 0. The van der Waals surface area contributed by atoms with Gasteiger partial charge in [0.05, 0.1) is 19.7 Å². The van der Waals surface area contributed by atoms with Gasteiger partial charge in [0.25, 0.3) is 0 Å². The topological polar surface area (TPSA) is 29.5 Å². The summed E-state index contributed by atoms with van der Waals surface area (Å²) in [6.07, 6.45) is 5.34. The molecule has 1 aromatic carbocycles. The second kappa shape index (κ2) is 8.34. The van der Waals surface area contributed by atoms with Crippen molar-refractivity contribution in [2.24, 2.45) is 5.92 Å². The van der Waals surface area contributed by atoms with Gasteiger partial charge in [-0.05, 0) is 11.5 Å². The van der Waals surface area contributed by atoms with Gasteiger partial charge in [-0.2, -0.15) is 0 Å². The maximum Gasteiger partial charge on any atom is 0.320 e. The summed E-state index contributed by atoms with van der Waals surface area (Å²) in [6, 6.07) is 9.94. The van der Waals surface area contributed by atoms with Crippen LogP contribution in [0.15, 0.2) is 30.3 Å². The van der Waals surface area contributed by atoms with E-state index in [2.05, 4.69) is 5.92 Å². The van der Waals surface area contributed by atoms with Gasteiger partial charge in [-0.3, -0.25) is 9.69 Å². The van der Waals surface area contributed by atoms with Crippen LogP contribution < -0.4 is 0 Å². The van der Waals surface area contributed by atoms with E-state index in [0.29, 0.717) is 25.6 Å². The van der Waals surface area contributed by atoms with E-state index in [4.69, 9.17) is 11.2 Å². The van der Waals surface area contributed by atoms with Gasteiger partial charge in [0.15, 0.2) is 0 Å². The second-order valence-corrected chi connectivity index (χ2v) is 4.91. The molecule has 0 radical (unpaired) electrons. The van der Waals surface area contributed by atoms with Crippen LogP contribution in [-0.2, 0) is 16.1 Å². The number of esters is 1. The molecule has 0 N–H and O–H groups in total. The van der Waals surface area contributed by atoms with E-state index in [1.807, 2.05) is 49.1 Å². The third kappa shape index (κ3) is 6.64. The van der Waals surface area contributed by atoms with Crippen molar-refractivity contribution < 1.29 is 9.53 Å². The van der Waals surface area contributed by atoms with Crippen LogP contribution in [0.5, 0.6) is 0 Å². The third-order valence-electron chi connectivity index (χ3n) is 2.49. The van der Waals surface area contributed by atoms with Crippen molar-refractivity contribution >= 4 is 5.97 Å². The van der Waals surface area contributed by atoms with Gasteiger partial charge < -0.3 is 4.74 Å². The van der Waals surface area contributed by atoms with Crippen molar-refractivity contribution in [3.05, 3.63) is 35.9 Å². The van der Waals surface area contributed by atoms with Crippen molar-refractivity contribution in [2.45, 2.75) is 20.4 Å². The molecule has 0 heterocycles. The second-order valence-electron chi connectivity index (χ2n) is 4.91. The largest absolute Gasteiger partial charge is 0.464 e. The highest BCUT2D eigenvalue weighted by Gasteiger charge is 2.12. The van der Waals surface area contributed by atoms with Crippen molar-refractivity contribution in [3.8, 4) is 12.3 Å². The zero-order chi connectivity index (χ0) is 14.1. The summed E-state index contributed by atoms with van der Waals surface area (Å²) in [5.74, 6) is 2.70. The molecular weight excluding hydrogens is 238 g/mol. The molecule has 3 nitrogen and oxygen atoms in total. The number of rotatable bonds is 7. The Bertz CT molecular complexity index is 420. The number of ether oxygens (including phenoxy) is 1. The number of carbonyl (C=O) groups excluding carboxylic acids is 1. The minimum absolute atomic E-state index is 0.222. The van der Waals surface area contributed by atoms with Gasteiger partial charge in [-0.15, -0.1) is 6.42 Å². The minimum Gasteiger partial charge on any atom is -0.464 e. The lowest BCUT2D eigenvalue weighted by Crippen LogP contribution is -2.31. The van der Waals surface area contributed by atoms with Crippen LogP contribution in [0.4, 0.5) is 0 Å². The summed E-state index contributed by atoms with van der Waals surface area (Å²) in [6.45, 7) is 5.79. The maximum absolute atomic E-state index is 11.7. The normalized spacial score (nSPS) is 10.5. The van der Waals surface area contributed by atoms with Gasteiger partial charge in [0.1, 0.15) is 0 Å². The highest BCUT2D eigenvalue weighted by atomic mass is 16.5. The molecule has 0 saturated carbocycles. The Kier molecular flexibility index (Phi) is 6.70. The molecule has 0 saturated heterocycles. The summed E-state index contributed by atoms with van der Waals surface area (Å²) in [7, 11) is 0. The molecule has 19 heavy (non-hydrogen) atoms. The monoisotopic (exact) mass is 259 g/mol. The number of benzene rings is 1. The molecule has 3 heteroatoms. The molecule has 0 spiro atoms. The van der Waals surface area contributed by atoms with Crippen LogP contribution >= 0.6 is 0 Å². The van der Waals surface area contributed by atoms with Crippen molar-refractivity contribution in [3.63, 3.8) is 0 Å². The third-order valence-corrected chi connectivity index (χ3v) is 2.49. The van der Waals surface area contributed by atoms with Gasteiger partial charge in [0, 0.05) is 6.54 Å². The van der Waals surface area contributed by atoms with Crippen LogP contribution in [-0.4, -0.2) is 30.6 Å². The van der Waals surface area contributed by atoms with Gasteiger partial charge in [-0.1, -0.05) is 50.1 Å². The quantitative estimate of drug-likeness (QED) is 0.556. The van der Waals surface area contributed by atoms with E-state index in [0.717, 1.165) is 5.56 Å². The first-order valence-electron chi connectivity index (χ1n) is 6.47. The highest BCUT2D eigenvalue weighted by molar-refractivity contribution is 5.71. The number of carbonyl (C=O) groups is 1. The van der Waals surface area contributed by atoms with E-state index in [1.54, 1.807) is 0 Å². The van der Waals surface area contributed by atoms with Crippen LogP contribution in [0.3, 0.4) is 0 Å². The molecule has 0 aromatic heterocycles. The van der Waals surface area contributed by atoms with E-state index < -0.39 is 0 Å². The van der Waals surface area contributed by atoms with Crippen molar-refractivity contribution in [1.29, 1.82) is 0 Å². The first-order chi connectivity index (χ1) is 9.11. The van der Waals surface area contributed by atoms with Gasteiger partial charge >= 0.3 is 5.97 Å². The van der Waals surface area contributed by atoms with E-state index >= 15 is 0 Å². The molecule has 0 atom stereocenters. The molecule has 0 amide bonds. The Balaban J connectivity index is 2.49. The number of nitrogens with zero attached hydrogens (tertiary/aromatic N) is 1. The van der Waals surface area contributed by atoms with Gasteiger partial charge in [0.2, 0.25) is 0 Å². The standard InChI is InChI=1S/C16H21NO2/c1-4-10-17(11-15-8-6-5-7-9-15)12-16(18)19-13-14(2)3/h1,5-9,14H,10-13H2,2-3H3. The lowest BCUT2D eigenvalue weighted by Gasteiger charge is -2.19. The Morgan fingerprint density at radius 1 is 1.37 bits per heavy atom. The molecule has 0 aliphatic heterocycles. The highest BCUT2D eigenvalue weighted by Crippen LogP contribution is 2.04. The first-order valence-corrected chi connectivity index (χ1v) is 6.47. The summed E-state index contributed by atoms with van der Waals surface area (Å²) in [5, 5.41) is 0. The Labute approximate surface area is 115 Å². The summed E-state index contributed by atoms with van der Waals surface area (Å²) < 4.78 is 5.17. The van der Waals surface area contributed by atoms with Gasteiger partial charge in [-0.25, -0.2) is 0 Å². The maximum atomic E-state index is 11.7. The fourth-order valence-electron chi connectivity index (χ4n) is 1.63.